The minimum atomic E-state index is -0.816. The summed E-state index contributed by atoms with van der Waals surface area (Å²) in [7, 11) is 0. The van der Waals surface area contributed by atoms with Gasteiger partial charge in [-0.05, 0) is 18.2 Å². The summed E-state index contributed by atoms with van der Waals surface area (Å²) in [6, 6.07) is 3.46. The third-order valence-electron chi connectivity index (χ3n) is 2.54. The first-order valence-corrected chi connectivity index (χ1v) is 7.76. The largest absolute Gasteiger partial charge is 0.451 e. The van der Waals surface area contributed by atoms with Crippen LogP contribution in [0.15, 0.2) is 23.6 Å². The predicted octanol–water partition coefficient (Wildman–Crippen LogP) is 2.69. The first-order chi connectivity index (χ1) is 11.3. The molecule has 0 saturated heterocycles. The highest BCUT2D eigenvalue weighted by molar-refractivity contribution is 7.14. The minimum Gasteiger partial charge on any atom is -0.451 e. The second kappa shape index (κ2) is 7.84. The SMILES string of the molecule is CC(=O)Nc1nc(C(=O)OCC(=O)Nc2ccc(F)cc2Cl)cs1. The van der Waals surface area contributed by atoms with Crippen molar-refractivity contribution in [1.82, 2.24) is 4.98 Å². The minimum absolute atomic E-state index is 0.0223. The molecule has 0 unspecified atom stereocenters. The lowest BCUT2D eigenvalue weighted by Gasteiger charge is -2.07. The standard InChI is InChI=1S/C14H11ClFN3O4S/c1-7(20)17-14-19-11(6-24-14)13(22)23-5-12(21)18-10-3-2-8(16)4-9(10)15/h2-4,6H,5H2,1H3,(H,18,21)(H,17,19,20). The summed E-state index contributed by atoms with van der Waals surface area (Å²) in [4.78, 5) is 38.2. The molecule has 0 radical (unpaired) electrons. The van der Waals surface area contributed by atoms with Gasteiger partial charge in [-0.1, -0.05) is 11.6 Å². The molecule has 1 heterocycles. The molecule has 2 aromatic rings. The molecule has 0 spiro atoms. The topological polar surface area (TPSA) is 97.4 Å². The number of nitrogens with zero attached hydrogens (tertiary/aromatic N) is 1. The Balaban J connectivity index is 1.88. The van der Waals surface area contributed by atoms with E-state index >= 15 is 0 Å². The van der Waals surface area contributed by atoms with Crippen LogP contribution in [-0.2, 0) is 14.3 Å². The molecular weight excluding hydrogens is 361 g/mol. The van der Waals surface area contributed by atoms with Crippen LogP contribution in [0.1, 0.15) is 17.4 Å². The molecule has 0 atom stereocenters. The highest BCUT2D eigenvalue weighted by Gasteiger charge is 2.15. The molecule has 24 heavy (non-hydrogen) atoms. The smallest absolute Gasteiger partial charge is 0.358 e. The van der Waals surface area contributed by atoms with Gasteiger partial charge in [0.15, 0.2) is 17.4 Å². The van der Waals surface area contributed by atoms with Crippen molar-refractivity contribution in [3.05, 3.63) is 40.1 Å². The number of aromatic nitrogens is 1. The molecule has 1 aromatic heterocycles. The zero-order valence-corrected chi connectivity index (χ0v) is 13.8. The van der Waals surface area contributed by atoms with E-state index in [0.29, 0.717) is 0 Å². The average molecular weight is 372 g/mol. The summed E-state index contributed by atoms with van der Waals surface area (Å²) in [5.41, 5.74) is 0.164. The van der Waals surface area contributed by atoms with Crippen molar-refractivity contribution in [2.75, 3.05) is 17.2 Å². The van der Waals surface area contributed by atoms with E-state index in [4.69, 9.17) is 16.3 Å². The quantitative estimate of drug-likeness (QED) is 0.787. The van der Waals surface area contributed by atoms with E-state index in [1.54, 1.807) is 0 Å². The Morgan fingerprint density at radius 1 is 1.33 bits per heavy atom. The Labute approximate surface area is 144 Å². The number of anilines is 2. The van der Waals surface area contributed by atoms with E-state index in [9.17, 15) is 18.8 Å². The van der Waals surface area contributed by atoms with Crippen molar-refractivity contribution >= 4 is 51.5 Å². The second-order valence-corrected chi connectivity index (χ2v) is 5.73. The molecule has 10 heteroatoms. The van der Waals surface area contributed by atoms with Crippen LogP contribution >= 0.6 is 22.9 Å². The van der Waals surface area contributed by atoms with Gasteiger partial charge in [0.2, 0.25) is 5.91 Å². The van der Waals surface area contributed by atoms with Crippen LogP contribution in [-0.4, -0.2) is 29.4 Å². The molecule has 1 aromatic carbocycles. The normalized spacial score (nSPS) is 10.1. The van der Waals surface area contributed by atoms with Crippen molar-refractivity contribution in [1.29, 1.82) is 0 Å². The maximum absolute atomic E-state index is 12.9. The van der Waals surface area contributed by atoms with Gasteiger partial charge in [-0.25, -0.2) is 14.2 Å². The molecule has 0 aliphatic heterocycles. The van der Waals surface area contributed by atoms with Crippen LogP contribution < -0.4 is 10.6 Å². The molecule has 126 valence electrons. The van der Waals surface area contributed by atoms with E-state index in [1.807, 2.05) is 0 Å². The molecule has 0 saturated carbocycles. The van der Waals surface area contributed by atoms with E-state index in [-0.39, 0.29) is 27.4 Å². The lowest BCUT2D eigenvalue weighted by molar-refractivity contribution is -0.119. The van der Waals surface area contributed by atoms with Gasteiger partial charge in [-0.15, -0.1) is 11.3 Å². The maximum atomic E-state index is 12.9. The van der Waals surface area contributed by atoms with Gasteiger partial charge in [0.1, 0.15) is 5.82 Å². The zero-order chi connectivity index (χ0) is 17.7. The fourth-order valence-corrected chi connectivity index (χ4v) is 2.50. The zero-order valence-electron chi connectivity index (χ0n) is 12.3. The number of rotatable bonds is 5. The number of hydrogen-bond acceptors (Lipinski definition) is 6. The number of halogens is 2. The van der Waals surface area contributed by atoms with Gasteiger partial charge < -0.3 is 15.4 Å². The number of ether oxygens (including phenoxy) is 1. The van der Waals surface area contributed by atoms with Crippen LogP contribution in [0, 0.1) is 5.82 Å². The van der Waals surface area contributed by atoms with Gasteiger partial charge in [-0.2, -0.15) is 0 Å². The Kier molecular flexibility index (Phi) is 5.83. The van der Waals surface area contributed by atoms with Crippen molar-refractivity contribution in [3.8, 4) is 0 Å². The number of carbonyl (C=O) groups is 3. The third kappa shape index (κ3) is 5.00. The summed E-state index contributed by atoms with van der Waals surface area (Å²) in [6.45, 7) is 0.740. The molecule has 7 nitrogen and oxygen atoms in total. The lowest BCUT2D eigenvalue weighted by Crippen LogP contribution is -2.21. The van der Waals surface area contributed by atoms with Gasteiger partial charge in [0.05, 0.1) is 10.7 Å². The fourth-order valence-electron chi connectivity index (χ4n) is 1.56. The Morgan fingerprint density at radius 2 is 2.08 bits per heavy atom. The van der Waals surface area contributed by atoms with E-state index < -0.39 is 24.3 Å². The van der Waals surface area contributed by atoms with Crippen molar-refractivity contribution < 1.29 is 23.5 Å². The number of esters is 1. The van der Waals surface area contributed by atoms with E-state index in [2.05, 4.69) is 15.6 Å². The number of hydrogen-bond donors (Lipinski definition) is 2. The first-order valence-electron chi connectivity index (χ1n) is 6.50. The summed E-state index contributed by atoms with van der Waals surface area (Å²) in [5.74, 6) is -2.32. The van der Waals surface area contributed by atoms with Gasteiger partial charge in [0.25, 0.3) is 5.91 Å². The molecule has 2 rings (SSSR count). The summed E-state index contributed by atoms with van der Waals surface area (Å²) < 4.78 is 17.7. The third-order valence-corrected chi connectivity index (χ3v) is 3.61. The van der Waals surface area contributed by atoms with Crippen molar-refractivity contribution in [3.63, 3.8) is 0 Å². The average Bonchev–Trinajstić information content (AvgIpc) is 2.95. The van der Waals surface area contributed by atoms with Crippen molar-refractivity contribution in [2.24, 2.45) is 0 Å². The summed E-state index contributed by atoms with van der Waals surface area (Å²) in [5, 5.41) is 6.47. The van der Waals surface area contributed by atoms with E-state index in [1.165, 1.54) is 18.4 Å². The molecule has 0 aliphatic rings. The Morgan fingerprint density at radius 3 is 2.75 bits per heavy atom. The van der Waals surface area contributed by atoms with E-state index in [0.717, 1.165) is 23.5 Å². The lowest BCUT2D eigenvalue weighted by atomic mass is 10.3. The molecule has 2 amide bonds. The van der Waals surface area contributed by atoms with Crippen molar-refractivity contribution in [2.45, 2.75) is 6.92 Å². The van der Waals surface area contributed by atoms with Crippen LogP contribution in [0.2, 0.25) is 5.02 Å². The first kappa shape index (κ1) is 17.8. The second-order valence-electron chi connectivity index (χ2n) is 4.47. The Hall–Kier alpha value is -2.52. The van der Waals surface area contributed by atoms with Crippen LogP contribution in [0.4, 0.5) is 15.2 Å². The number of carbonyl (C=O) groups excluding carboxylic acids is 3. The summed E-state index contributed by atoms with van der Waals surface area (Å²) in [6.07, 6.45) is 0. The highest BCUT2D eigenvalue weighted by atomic mass is 35.5. The molecule has 0 aliphatic carbocycles. The summed E-state index contributed by atoms with van der Waals surface area (Å²) >= 11 is 6.82. The number of amides is 2. The highest BCUT2D eigenvalue weighted by Crippen LogP contribution is 2.22. The number of benzene rings is 1. The maximum Gasteiger partial charge on any atom is 0.358 e. The van der Waals surface area contributed by atoms with Gasteiger partial charge >= 0.3 is 5.97 Å². The molecule has 0 fully saturated rings. The van der Waals surface area contributed by atoms with Crippen LogP contribution in [0.3, 0.4) is 0 Å². The monoisotopic (exact) mass is 371 g/mol. The van der Waals surface area contributed by atoms with Crippen LogP contribution in [0.25, 0.3) is 0 Å². The molecule has 2 N–H and O–H groups in total. The predicted molar refractivity (Wildman–Crippen MR) is 86.7 cm³/mol. The molecular formula is C14H11ClFN3O4S. The van der Waals surface area contributed by atoms with Gasteiger partial charge in [-0.3, -0.25) is 9.59 Å². The van der Waals surface area contributed by atoms with Gasteiger partial charge in [0, 0.05) is 12.3 Å². The number of thiazole rings is 1. The Bertz CT molecular complexity index is 796. The molecule has 0 bridgehead atoms. The number of nitrogens with one attached hydrogen (secondary N) is 2. The fraction of sp³-hybridized carbons (Fsp3) is 0.143. The van der Waals surface area contributed by atoms with Crippen LogP contribution in [0.5, 0.6) is 0 Å².